The molecule has 0 bridgehead atoms. The number of carbonyl (C=O) groups is 1. The van der Waals surface area contributed by atoms with Crippen molar-refractivity contribution >= 4 is 5.91 Å². The lowest BCUT2D eigenvalue weighted by molar-refractivity contribution is -0.133. The highest BCUT2D eigenvalue weighted by molar-refractivity contribution is 5.77. The van der Waals surface area contributed by atoms with Crippen molar-refractivity contribution in [1.82, 2.24) is 9.88 Å². The quantitative estimate of drug-likeness (QED) is 0.776. The lowest BCUT2D eigenvalue weighted by Crippen LogP contribution is -2.33. The Labute approximate surface area is 142 Å². The van der Waals surface area contributed by atoms with E-state index in [1.807, 2.05) is 30.9 Å². The minimum absolute atomic E-state index is 0.0156. The third-order valence-electron chi connectivity index (χ3n) is 4.16. The van der Waals surface area contributed by atoms with Gasteiger partial charge in [-0.05, 0) is 55.7 Å². The second kappa shape index (κ2) is 8.43. The van der Waals surface area contributed by atoms with Crippen LogP contribution in [0.4, 0.5) is 4.39 Å². The second-order valence-electron chi connectivity index (χ2n) is 5.61. The Balaban J connectivity index is 2.00. The number of hydrogen-bond donors (Lipinski definition) is 0. The van der Waals surface area contributed by atoms with E-state index in [9.17, 15) is 9.18 Å². The molecule has 24 heavy (non-hydrogen) atoms. The van der Waals surface area contributed by atoms with Crippen molar-refractivity contribution in [3.05, 3.63) is 59.7 Å². The van der Waals surface area contributed by atoms with Crippen LogP contribution in [0, 0.1) is 5.82 Å². The maximum absolute atomic E-state index is 13.7. The van der Waals surface area contributed by atoms with Crippen LogP contribution in [-0.2, 0) is 11.2 Å². The van der Waals surface area contributed by atoms with Gasteiger partial charge in [-0.15, -0.1) is 0 Å². The fourth-order valence-corrected chi connectivity index (χ4v) is 2.75. The summed E-state index contributed by atoms with van der Waals surface area (Å²) < 4.78 is 18.6. The number of rotatable bonds is 7. The normalized spacial score (nSPS) is 11.8. The summed E-state index contributed by atoms with van der Waals surface area (Å²) in [5.74, 6) is -0.135. The highest BCUT2D eigenvalue weighted by Crippen LogP contribution is 2.22. The third kappa shape index (κ3) is 4.31. The van der Waals surface area contributed by atoms with Crippen molar-refractivity contribution in [3.8, 4) is 5.75 Å². The topological polar surface area (TPSA) is 42.4 Å². The first-order valence-corrected chi connectivity index (χ1v) is 8.08. The molecular formula is C19H23FN2O2. The molecular weight excluding hydrogens is 307 g/mol. The van der Waals surface area contributed by atoms with Gasteiger partial charge in [0.05, 0.1) is 13.2 Å². The van der Waals surface area contributed by atoms with Crippen molar-refractivity contribution in [2.45, 2.75) is 32.7 Å². The Morgan fingerprint density at radius 1 is 1.29 bits per heavy atom. The summed E-state index contributed by atoms with van der Waals surface area (Å²) in [7, 11) is 1.43. The van der Waals surface area contributed by atoms with Gasteiger partial charge in [-0.2, -0.15) is 0 Å². The molecule has 0 N–H and O–H groups in total. The molecule has 0 aliphatic heterocycles. The molecule has 1 heterocycles. The first-order chi connectivity index (χ1) is 11.6. The Bertz CT molecular complexity index is 676. The molecule has 5 heteroatoms. The lowest BCUT2D eigenvalue weighted by Gasteiger charge is -2.28. The van der Waals surface area contributed by atoms with Crippen LogP contribution in [0.25, 0.3) is 0 Å². The number of nitrogens with zero attached hydrogens (tertiary/aromatic N) is 2. The second-order valence-corrected chi connectivity index (χ2v) is 5.61. The fraction of sp³-hybridized carbons (Fsp3) is 0.368. The van der Waals surface area contributed by atoms with E-state index in [-0.39, 0.29) is 17.7 Å². The number of methoxy groups -OCH3 is 1. The average molecular weight is 330 g/mol. The summed E-state index contributed by atoms with van der Waals surface area (Å²) in [6.07, 6.45) is 4.29. The Morgan fingerprint density at radius 3 is 2.58 bits per heavy atom. The molecule has 4 nitrogen and oxygen atoms in total. The van der Waals surface area contributed by atoms with Gasteiger partial charge >= 0.3 is 0 Å². The predicted molar refractivity (Wildman–Crippen MR) is 91.3 cm³/mol. The van der Waals surface area contributed by atoms with Gasteiger partial charge in [-0.25, -0.2) is 4.39 Å². The van der Waals surface area contributed by atoms with Crippen molar-refractivity contribution in [2.75, 3.05) is 13.7 Å². The number of carbonyl (C=O) groups excluding carboxylic acids is 1. The molecule has 0 radical (unpaired) electrons. The van der Waals surface area contributed by atoms with Crippen LogP contribution >= 0.6 is 0 Å². The minimum Gasteiger partial charge on any atom is -0.494 e. The van der Waals surface area contributed by atoms with Gasteiger partial charge in [0.1, 0.15) is 0 Å². The van der Waals surface area contributed by atoms with Gasteiger partial charge < -0.3 is 9.64 Å². The highest BCUT2D eigenvalue weighted by Gasteiger charge is 2.19. The van der Waals surface area contributed by atoms with Gasteiger partial charge in [0, 0.05) is 25.4 Å². The number of amides is 1. The van der Waals surface area contributed by atoms with Crippen LogP contribution in [0.5, 0.6) is 5.75 Å². The van der Waals surface area contributed by atoms with Gasteiger partial charge in [-0.3, -0.25) is 9.78 Å². The number of ether oxygens (including phenoxy) is 1. The molecule has 2 rings (SSSR count). The third-order valence-corrected chi connectivity index (χ3v) is 4.16. The van der Waals surface area contributed by atoms with Crippen molar-refractivity contribution in [3.63, 3.8) is 0 Å². The Morgan fingerprint density at radius 2 is 2.00 bits per heavy atom. The van der Waals surface area contributed by atoms with Crippen LogP contribution in [0.3, 0.4) is 0 Å². The summed E-state index contributed by atoms with van der Waals surface area (Å²) in [6, 6.07) is 8.62. The highest BCUT2D eigenvalue weighted by atomic mass is 19.1. The summed E-state index contributed by atoms with van der Waals surface area (Å²) in [4.78, 5) is 18.4. The van der Waals surface area contributed by atoms with E-state index in [1.165, 1.54) is 13.2 Å². The van der Waals surface area contributed by atoms with E-state index in [1.54, 1.807) is 24.5 Å². The van der Waals surface area contributed by atoms with E-state index < -0.39 is 5.82 Å². The zero-order valence-electron chi connectivity index (χ0n) is 14.3. The molecule has 2 aromatic rings. The summed E-state index contributed by atoms with van der Waals surface area (Å²) in [5.41, 5.74) is 1.84. The number of hydrogen-bond acceptors (Lipinski definition) is 3. The van der Waals surface area contributed by atoms with Gasteiger partial charge in [0.15, 0.2) is 11.6 Å². The lowest BCUT2D eigenvalue weighted by atomic mass is 10.1. The van der Waals surface area contributed by atoms with Crippen LogP contribution in [0.15, 0.2) is 42.7 Å². The maximum Gasteiger partial charge on any atom is 0.223 e. The van der Waals surface area contributed by atoms with Crippen molar-refractivity contribution in [2.24, 2.45) is 0 Å². The van der Waals surface area contributed by atoms with Crippen LogP contribution in [-0.4, -0.2) is 29.4 Å². The standard InChI is InChI=1S/C19H23FN2O2/c1-4-22(14(2)16-9-11-21-12-10-16)19(23)8-6-15-5-7-18(24-3)17(20)13-15/h5,7,9-14H,4,6,8H2,1-3H3/t14-/m1/s1. The van der Waals surface area contributed by atoms with Gasteiger partial charge in [-0.1, -0.05) is 6.07 Å². The molecule has 0 fully saturated rings. The molecule has 1 aromatic heterocycles. The zero-order valence-corrected chi connectivity index (χ0v) is 14.3. The molecule has 1 aromatic carbocycles. The molecule has 0 unspecified atom stereocenters. The van der Waals surface area contributed by atoms with Crippen LogP contribution in [0.1, 0.15) is 37.4 Å². The zero-order chi connectivity index (χ0) is 17.5. The predicted octanol–water partition coefficient (Wildman–Crippen LogP) is 3.77. The summed E-state index contributed by atoms with van der Waals surface area (Å²) in [6.45, 7) is 4.59. The molecule has 0 aliphatic rings. The number of halogens is 1. The number of aryl methyl sites for hydroxylation is 1. The largest absolute Gasteiger partial charge is 0.494 e. The van der Waals surface area contributed by atoms with E-state index in [2.05, 4.69) is 4.98 Å². The smallest absolute Gasteiger partial charge is 0.223 e. The number of aromatic nitrogens is 1. The molecule has 128 valence electrons. The summed E-state index contributed by atoms with van der Waals surface area (Å²) in [5, 5.41) is 0. The van der Waals surface area contributed by atoms with Gasteiger partial charge in [0.2, 0.25) is 5.91 Å². The SMILES string of the molecule is CCN(C(=O)CCc1ccc(OC)c(F)c1)[C@H](C)c1ccncc1. The molecule has 1 atom stereocenters. The number of pyridine rings is 1. The van der Waals surface area contributed by atoms with Crippen LogP contribution < -0.4 is 4.74 Å². The molecule has 0 aliphatic carbocycles. The van der Waals surface area contributed by atoms with E-state index >= 15 is 0 Å². The summed E-state index contributed by atoms with van der Waals surface area (Å²) >= 11 is 0. The Kier molecular flexibility index (Phi) is 6.29. The van der Waals surface area contributed by atoms with E-state index in [0.29, 0.717) is 19.4 Å². The Hall–Kier alpha value is -2.43. The minimum atomic E-state index is -0.403. The molecule has 0 saturated heterocycles. The maximum atomic E-state index is 13.7. The van der Waals surface area contributed by atoms with Crippen molar-refractivity contribution in [1.29, 1.82) is 0 Å². The van der Waals surface area contributed by atoms with Crippen LogP contribution in [0.2, 0.25) is 0 Å². The molecule has 1 amide bonds. The fourth-order valence-electron chi connectivity index (χ4n) is 2.75. The average Bonchev–Trinajstić information content (AvgIpc) is 2.61. The van der Waals surface area contributed by atoms with Crippen molar-refractivity contribution < 1.29 is 13.9 Å². The van der Waals surface area contributed by atoms with E-state index in [0.717, 1.165) is 11.1 Å². The first-order valence-electron chi connectivity index (χ1n) is 8.08. The van der Waals surface area contributed by atoms with E-state index in [4.69, 9.17) is 4.74 Å². The monoisotopic (exact) mass is 330 g/mol. The van der Waals surface area contributed by atoms with Gasteiger partial charge in [0.25, 0.3) is 0 Å². The first kappa shape index (κ1) is 17.9. The molecule has 0 spiro atoms. The molecule has 0 saturated carbocycles. The number of benzene rings is 1.